The van der Waals surface area contributed by atoms with Gasteiger partial charge in [0.15, 0.2) is 0 Å². The fourth-order valence-corrected chi connectivity index (χ4v) is 2.54. The Kier molecular flexibility index (Phi) is 4.87. The molecule has 0 spiro atoms. The maximum atomic E-state index is 5.83. The lowest BCUT2D eigenvalue weighted by molar-refractivity contribution is 0.0966. The van der Waals surface area contributed by atoms with Crippen molar-refractivity contribution < 1.29 is 4.74 Å². The summed E-state index contributed by atoms with van der Waals surface area (Å²) in [6, 6.07) is 8.67. The molecule has 0 bridgehead atoms. The third-order valence-corrected chi connectivity index (χ3v) is 3.70. The molecule has 1 aromatic rings. The Morgan fingerprint density at radius 3 is 2.44 bits per heavy atom. The first-order chi connectivity index (χ1) is 8.66. The molecule has 0 radical (unpaired) electrons. The van der Waals surface area contributed by atoms with Gasteiger partial charge >= 0.3 is 0 Å². The summed E-state index contributed by atoms with van der Waals surface area (Å²) in [5.74, 6) is 0.884. The van der Waals surface area contributed by atoms with Crippen molar-refractivity contribution >= 4 is 11.6 Å². The largest absolute Gasteiger partial charge is 0.492 e. The van der Waals surface area contributed by atoms with Crippen LogP contribution in [0.25, 0.3) is 0 Å². The van der Waals surface area contributed by atoms with E-state index in [4.69, 9.17) is 16.3 Å². The number of nitrogens with zero attached hydrogens (tertiary/aromatic N) is 1. The molecule has 4 heteroatoms. The minimum atomic E-state index is 0.572. The normalized spacial score (nSPS) is 25.1. The molecule has 18 heavy (non-hydrogen) atoms. The van der Waals surface area contributed by atoms with Crippen LogP contribution in [-0.4, -0.2) is 43.2 Å². The second-order valence-corrected chi connectivity index (χ2v) is 5.33. The predicted octanol–water partition coefficient (Wildman–Crippen LogP) is 2.40. The summed E-state index contributed by atoms with van der Waals surface area (Å²) >= 11 is 5.83. The van der Waals surface area contributed by atoms with Crippen LogP contribution in [-0.2, 0) is 0 Å². The molecule has 3 nitrogen and oxygen atoms in total. The number of halogens is 1. The van der Waals surface area contributed by atoms with Crippen molar-refractivity contribution in [3.63, 3.8) is 0 Å². The summed E-state index contributed by atoms with van der Waals surface area (Å²) in [6.07, 6.45) is 0. The molecule has 2 unspecified atom stereocenters. The molecule has 1 N–H and O–H groups in total. The van der Waals surface area contributed by atoms with Crippen LogP contribution in [0.3, 0.4) is 0 Å². The van der Waals surface area contributed by atoms with Gasteiger partial charge in [0.05, 0.1) is 0 Å². The van der Waals surface area contributed by atoms with Crippen LogP contribution in [0.2, 0.25) is 5.02 Å². The smallest absolute Gasteiger partial charge is 0.119 e. The molecule has 1 aromatic carbocycles. The van der Waals surface area contributed by atoms with Crippen LogP contribution in [0, 0.1) is 0 Å². The molecular formula is C14H21ClN2O. The van der Waals surface area contributed by atoms with E-state index >= 15 is 0 Å². The Hall–Kier alpha value is -0.770. The van der Waals surface area contributed by atoms with Gasteiger partial charge in [-0.15, -0.1) is 0 Å². The Balaban J connectivity index is 1.79. The van der Waals surface area contributed by atoms with E-state index < -0.39 is 0 Å². The summed E-state index contributed by atoms with van der Waals surface area (Å²) in [7, 11) is 0. The molecule has 1 fully saturated rings. The zero-order chi connectivity index (χ0) is 13.0. The molecular weight excluding hydrogens is 248 g/mol. The zero-order valence-corrected chi connectivity index (χ0v) is 11.8. The topological polar surface area (TPSA) is 24.5 Å². The Morgan fingerprint density at radius 1 is 1.22 bits per heavy atom. The van der Waals surface area contributed by atoms with E-state index in [0.29, 0.717) is 12.1 Å². The number of benzene rings is 1. The third kappa shape index (κ3) is 3.61. The standard InChI is InChI=1S/C14H21ClN2O/c1-11-9-16-10-12(2)17(11)7-8-18-14-5-3-13(15)4-6-14/h3-6,11-12,16H,7-10H2,1-2H3. The van der Waals surface area contributed by atoms with Crippen molar-refractivity contribution in [2.75, 3.05) is 26.2 Å². The monoisotopic (exact) mass is 268 g/mol. The molecule has 0 amide bonds. The summed E-state index contributed by atoms with van der Waals surface area (Å²) < 4.78 is 5.74. The van der Waals surface area contributed by atoms with Gasteiger partial charge in [-0.1, -0.05) is 11.6 Å². The Morgan fingerprint density at radius 2 is 1.83 bits per heavy atom. The predicted molar refractivity (Wildman–Crippen MR) is 75.4 cm³/mol. The molecule has 1 aliphatic rings. The fourth-order valence-electron chi connectivity index (χ4n) is 2.41. The number of rotatable bonds is 4. The molecule has 0 aliphatic carbocycles. The second-order valence-electron chi connectivity index (χ2n) is 4.90. The van der Waals surface area contributed by atoms with Crippen LogP contribution in [0.5, 0.6) is 5.75 Å². The van der Waals surface area contributed by atoms with Crippen LogP contribution in [0.4, 0.5) is 0 Å². The van der Waals surface area contributed by atoms with Gasteiger partial charge in [-0.05, 0) is 38.1 Å². The van der Waals surface area contributed by atoms with Crippen molar-refractivity contribution in [2.24, 2.45) is 0 Å². The summed E-state index contributed by atoms with van der Waals surface area (Å²) in [4.78, 5) is 2.49. The van der Waals surface area contributed by atoms with Gasteiger partial charge in [-0.2, -0.15) is 0 Å². The van der Waals surface area contributed by atoms with Crippen molar-refractivity contribution in [3.05, 3.63) is 29.3 Å². The molecule has 1 heterocycles. The van der Waals surface area contributed by atoms with E-state index in [1.165, 1.54) is 0 Å². The van der Waals surface area contributed by atoms with Crippen LogP contribution in [0.15, 0.2) is 24.3 Å². The number of nitrogens with one attached hydrogen (secondary N) is 1. The maximum absolute atomic E-state index is 5.83. The highest BCUT2D eigenvalue weighted by Gasteiger charge is 2.23. The first-order valence-corrected chi connectivity index (χ1v) is 6.89. The molecule has 0 saturated carbocycles. The lowest BCUT2D eigenvalue weighted by Crippen LogP contribution is -2.55. The van der Waals surface area contributed by atoms with Crippen molar-refractivity contribution in [2.45, 2.75) is 25.9 Å². The fraction of sp³-hybridized carbons (Fsp3) is 0.571. The Bertz CT molecular complexity index is 359. The third-order valence-electron chi connectivity index (χ3n) is 3.44. The van der Waals surface area contributed by atoms with E-state index in [-0.39, 0.29) is 0 Å². The molecule has 1 aliphatic heterocycles. The van der Waals surface area contributed by atoms with Gasteiger partial charge in [-0.3, -0.25) is 4.90 Å². The summed E-state index contributed by atoms with van der Waals surface area (Å²) in [6.45, 7) is 8.31. The van der Waals surface area contributed by atoms with Crippen molar-refractivity contribution in [1.29, 1.82) is 0 Å². The van der Waals surface area contributed by atoms with E-state index in [1.807, 2.05) is 24.3 Å². The Labute approximate surface area is 114 Å². The second kappa shape index (κ2) is 6.41. The SMILES string of the molecule is CC1CNCC(C)N1CCOc1ccc(Cl)cc1. The van der Waals surface area contributed by atoms with Gasteiger partial charge in [0, 0.05) is 36.7 Å². The minimum absolute atomic E-state index is 0.572. The molecule has 0 aromatic heterocycles. The first kappa shape index (κ1) is 13.7. The number of hydrogen-bond acceptors (Lipinski definition) is 3. The van der Waals surface area contributed by atoms with Gasteiger partial charge in [-0.25, -0.2) is 0 Å². The van der Waals surface area contributed by atoms with Crippen LogP contribution < -0.4 is 10.1 Å². The summed E-state index contributed by atoms with van der Waals surface area (Å²) in [5, 5.41) is 4.17. The quantitative estimate of drug-likeness (QED) is 0.908. The van der Waals surface area contributed by atoms with Gasteiger partial charge in [0.2, 0.25) is 0 Å². The van der Waals surface area contributed by atoms with E-state index in [1.54, 1.807) is 0 Å². The van der Waals surface area contributed by atoms with Crippen LogP contribution >= 0.6 is 11.6 Å². The highest BCUT2D eigenvalue weighted by atomic mass is 35.5. The summed E-state index contributed by atoms with van der Waals surface area (Å²) in [5.41, 5.74) is 0. The number of hydrogen-bond donors (Lipinski definition) is 1. The molecule has 2 atom stereocenters. The van der Waals surface area contributed by atoms with E-state index in [0.717, 1.165) is 37.0 Å². The van der Waals surface area contributed by atoms with Crippen molar-refractivity contribution in [3.8, 4) is 5.75 Å². The first-order valence-electron chi connectivity index (χ1n) is 6.51. The molecule has 100 valence electrons. The maximum Gasteiger partial charge on any atom is 0.119 e. The molecule has 2 rings (SSSR count). The van der Waals surface area contributed by atoms with Gasteiger partial charge in [0.25, 0.3) is 0 Å². The van der Waals surface area contributed by atoms with Crippen molar-refractivity contribution in [1.82, 2.24) is 10.2 Å². The highest BCUT2D eigenvalue weighted by Crippen LogP contribution is 2.16. The van der Waals surface area contributed by atoms with Gasteiger partial charge < -0.3 is 10.1 Å². The van der Waals surface area contributed by atoms with E-state index in [2.05, 4.69) is 24.1 Å². The number of ether oxygens (including phenoxy) is 1. The lowest BCUT2D eigenvalue weighted by atomic mass is 10.1. The van der Waals surface area contributed by atoms with E-state index in [9.17, 15) is 0 Å². The average Bonchev–Trinajstić information content (AvgIpc) is 2.35. The molecule has 1 saturated heterocycles. The highest BCUT2D eigenvalue weighted by molar-refractivity contribution is 6.30. The van der Waals surface area contributed by atoms with Gasteiger partial charge in [0.1, 0.15) is 12.4 Å². The van der Waals surface area contributed by atoms with Crippen LogP contribution in [0.1, 0.15) is 13.8 Å². The lowest BCUT2D eigenvalue weighted by Gasteiger charge is -2.39. The number of piperazine rings is 1. The minimum Gasteiger partial charge on any atom is -0.492 e. The zero-order valence-electron chi connectivity index (χ0n) is 11.0. The average molecular weight is 269 g/mol.